The highest BCUT2D eigenvalue weighted by Crippen LogP contribution is 2.23. The minimum absolute atomic E-state index is 0.0895. The molecule has 4 amide bonds. The third-order valence-corrected chi connectivity index (χ3v) is 9.01. The van der Waals surface area contributed by atoms with E-state index in [1.807, 2.05) is 60.7 Å². The Hall–Kier alpha value is -5.82. The molecule has 0 fully saturated rings. The Labute approximate surface area is 329 Å². The van der Waals surface area contributed by atoms with Crippen LogP contribution in [0, 0.1) is 10.8 Å². The van der Waals surface area contributed by atoms with Gasteiger partial charge in [0.25, 0.3) is 0 Å². The van der Waals surface area contributed by atoms with Gasteiger partial charge in [-0.15, -0.1) is 0 Å². The Morgan fingerprint density at radius 1 is 0.554 bits per heavy atom. The van der Waals surface area contributed by atoms with E-state index >= 15 is 0 Å². The molecule has 4 atom stereocenters. The summed E-state index contributed by atoms with van der Waals surface area (Å²) in [5.74, 6) is -1.11. The van der Waals surface area contributed by atoms with Crippen molar-refractivity contribution in [1.29, 1.82) is 0 Å². The zero-order valence-electron chi connectivity index (χ0n) is 32.9. The first-order chi connectivity index (χ1) is 26.6. The van der Waals surface area contributed by atoms with Crippen LogP contribution in [0.2, 0.25) is 0 Å². The monoisotopic (exact) mass is 766 g/mol. The number of aliphatic hydroxyl groups excluding tert-OH is 1. The lowest BCUT2D eigenvalue weighted by Gasteiger charge is -2.36. The second-order valence-corrected chi connectivity index (χ2v) is 15.8. The van der Waals surface area contributed by atoms with Crippen molar-refractivity contribution in [3.63, 3.8) is 0 Å². The SMILES string of the molecule is CC(C)(C)[C@H](NC(=O)OCc1ccccn1)C(=O)N[C@@H](Cc1ccccc1)C(O)[C@H](Cc1ccccc1)NC(=O)[C@@H](NC(=O)OCc1ccccn1)C(C)(C)C. The van der Waals surface area contributed by atoms with Crippen LogP contribution in [0.25, 0.3) is 0 Å². The molecule has 0 radical (unpaired) electrons. The van der Waals surface area contributed by atoms with Gasteiger partial charge in [0.1, 0.15) is 25.3 Å². The number of benzene rings is 2. The second-order valence-electron chi connectivity index (χ2n) is 15.8. The first-order valence-corrected chi connectivity index (χ1v) is 18.6. The van der Waals surface area contributed by atoms with Crippen LogP contribution in [-0.4, -0.2) is 69.3 Å². The van der Waals surface area contributed by atoms with E-state index in [4.69, 9.17) is 9.47 Å². The summed E-state index contributed by atoms with van der Waals surface area (Å²) < 4.78 is 10.8. The summed E-state index contributed by atoms with van der Waals surface area (Å²) in [7, 11) is 0. The fraction of sp³-hybridized carbons (Fsp3) is 0.395. The average Bonchev–Trinajstić information content (AvgIpc) is 3.17. The summed E-state index contributed by atoms with van der Waals surface area (Å²) >= 11 is 0. The van der Waals surface area contributed by atoms with Crippen molar-refractivity contribution >= 4 is 24.0 Å². The number of nitrogens with zero attached hydrogens (tertiary/aromatic N) is 2. The van der Waals surface area contributed by atoms with Gasteiger partial charge in [0.05, 0.1) is 29.6 Å². The summed E-state index contributed by atoms with van der Waals surface area (Å²) in [6.07, 6.45) is 0.599. The van der Waals surface area contributed by atoms with Crippen molar-refractivity contribution in [3.8, 4) is 0 Å². The van der Waals surface area contributed by atoms with Gasteiger partial charge in [0, 0.05) is 12.4 Å². The molecule has 4 rings (SSSR count). The molecule has 0 spiro atoms. The van der Waals surface area contributed by atoms with Gasteiger partial charge in [0.2, 0.25) is 11.8 Å². The van der Waals surface area contributed by atoms with Gasteiger partial charge in [-0.05, 0) is 59.1 Å². The van der Waals surface area contributed by atoms with Gasteiger partial charge in [-0.1, -0.05) is 114 Å². The van der Waals surface area contributed by atoms with E-state index in [1.54, 1.807) is 90.3 Å². The van der Waals surface area contributed by atoms with Crippen LogP contribution in [0.15, 0.2) is 109 Å². The highest BCUT2D eigenvalue weighted by atomic mass is 16.6. The lowest BCUT2D eigenvalue weighted by Crippen LogP contribution is -2.62. The molecule has 0 saturated heterocycles. The summed E-state index contributed by atoms with van der Waals surface area (Å²) in [4.78, 5) is 62.6. The molecule has 56 heavy (non-hydrogen) atoms. The summed E-state index contributed by atoms with van der Waals surface area (Å²) in [5, 5.41) is 23.7. The van der Waals surface area contributed by atoms with E-state index in [9.17, 15) is 24.3 Å². The maximum Gasteiger partial charge on any atom is 0.408 e. The Morgan fingerprint density at radius 2 is 0.911 bits per heavy atom. The fourth-order valence-electron chi connectivity index (χ4n) is 5.98. The van der Waals surface area contributed by atoms with Crippen molar-refractivity contribution in [2.45, 2.75) is 97.9 Å². The van der Waals surface area contributed by atoms with Gasteiger partial charge in [0.15, 0.2) is 0 Å². The van der Waals surface area contributed by atoms with Crippen LogP contribution < -0.4 is 21.3 Å². The van der Waals surface area contributed by atoms with Crippen molar-refractivity contribution in [2.24, 2.45) is 10.8 Å². The van der Waals surface area contributed by atoms with Crippen LogP contribution >= 0.6 is 0 Å². The van der Waals surface area contributed by atoms with E-state index in [0.717, 1.165) is 11.1 Å². The Balaban J connectivity index is 1.59. The number of nitrogens with one attached hydrogen (secondary N) is 4. The smallest absolute Gasteiger partial charge is 0.408 e. The predicted molar refractivity (Wildman–Crippen MR) is 212 cm³/mol. The Bertz CT molecular complexity index is 1700. The number of rotatable bonds is 16. The molecule has 13 nitrogen and oxygen atoms in total. The van der Waals surface area contributed by atoms with E-state index in [0.29, 0.717) is 11.4 Å². The largest absolute Gasteiger partial charge is 0.443 e. The first-order valence-electron chi connectivity index (χ1n) is 18.6. The highest BCUT2D eigenvalue weighted by molar-refractivity contribution is 5.87. The quantitative estimate of drug-likeness (QED) is 0.102. The third kappa shape index (κ3) is 13.8. The number of amides is 4. The van der Waals surface area contributed by atoms with Crippen LogP contribution in [0.4, 0.5) is 9.59 Å². The molecule has 4 aromatic rings. The minimum Gasteiger partial charge on any atom is -0.443 e. The van der Waals surface area contributed by atoms with Crippen LogP contribution in [0.1, 0.15) is 64.1 Å². The molecule has 5 N–H and O–H groups in total. The van der Waals surface area contributed by atoms with Gasteiger partial charge < -0.3 is 35.8 Å². The molecule has 298 valence electrons. The first kappa shape index (κ1) is 42.9. The van der Waals surface area contributed by atoms with Crippen molar-refractivity contribution in [3.05, 3.63) is 132 Å². The van der Waals surface area contributed by atoms with Gasteiger partial charge in [-0.2, -0.15) is 0 Å². The van der Waals surface area contributed by atoms with E-state index in [2.05, 4.69) is 31.2 Å². The normalized spacial score (nSPS) is 13.7. The zero-order chi connectivity index (χ0) is 40.7. The average molecular weight is 767 g/mol. The van der Waals surface area contributed by atoms with Gasteiger partial charge in [-0.3, -0.25) is 19.6 Å². The topological polar surface area (TPSA) is 181 Å². The van der Waals surface area contributed by atoms with Crippen LogP contribution in [0.5, 0.6) is 0 Å². The van der Waals surface area contributed by atoms with Crippen LogP contribution in [-0.2, 0) is 45.1 Å². The molecule has 0 bridgehead atoms. The number of aromatic nitrogens is 2. The maximum absolute atomic E-state index is 14.2. The molecule has 13 heteroatoms. The maximum atomic E-state index is 14.2. The highest BCUT2D eigenvalue weighted by Gasteiger charge is 2.39. The number of aliphatic hydroxyl groups is 1. The van der Waals surface area contributed by atoms with E-state index < -0.39 is 65.1 Å². The number of pyridine rings is 2. The Morgan fingerprint density at radius 3 is 1.23 bits per heavy atom. The molecule has 0 aliphatic carbocycles. The summed E-state index contributed by atoms with van der Waals surface area (Å²) in [5.41, 5.74) is 1.18. The summed E-state index contributed by atoms with van der Waals surface area (Å²) in [6, 6.07) is 25.1. The molecule has 0 aliphatic heterocycles. The summed E-state index contributed by atoms with van der Waals surface area (Å²) in [6.45, 7) is 10.6. The number of carbonyl (C=O) groups is 4. The molecule has 2 aromatic carbocycles. The number of ether oxygens (including phenoxy) is 2. The molecule has 2 heterocycles. The van der Waals surface area contributed by atoms with Gasteiger partial charge >= 0.3 is 12.2 Å². The number of hydrogen-bond acceptors (Lipinski definition) is 9. The van der Waals surface area contributed by atoms with Crippen LogP contribution in [0.3, 0.4) is 0 Å². The van der Waals surface area contributed by atoms with Crippen molar-refractivity contribution in [1.82, 2.24) is 31.2 Å². The van der Waals surface area contributed by atoms with Crippen molar-refractivity contribution in [2.75, 3.05) is 0 Å². The number of hydrogen-bond donors (Lipinski definition) is 5. The molecule has 0 aliphatic rings. The Kier molecular flexibility index (Phi) is 15.5. The number of alkyl carbamates (subject to hydrolysis) is 2. The lowest BCUT2D eigenvalue weighted by molar-refractivity contribution is -0.128. The number of carbonyl (C=O) groups excluding carboxylic acids is 4. The van der Waals surface area contributed by atoms with E-state index in [-0.39, 0.29) is 26.1 Å². The molecule has 0 saturated carbocycles. The molecular weight excluding hydrogens is 713 g/mol. The predicted octanol–water partition coefficient (Wildman–Crippen LogP) is 5.27. The second kappa shape index (κ2) is 20.2. The third-order valence-electron chi connectivity index (χ3n) is 9.01. The molecule has 0 unspecified atom stereocenters. The zero-order valence-corrected chi connectivity index (χ0v) is 32.9. The van der Waals surface area contributed by atoms with Gasteiger partial charge in [-0.25, -0.2) is 9.59 Å². The standard InChI is InChI=1S/C43H54N6O7/c1-42(2,3)36(48-40(53)55-27-31-21-13-15-23-44-31)38(51)46-33(25-29-17-9-7-10-18-29)35(50)34(26-30-19-11-8-12-20-30)47-39(52)37(43(4,5)6)49-41(54)56-28-32-22-14-16-24-45-32/h7-24,33-37,50H,25-28H2,1-6H3,(H,46,51)(H,47,52)(H,48,53)(H,49,54)/t33-,34-,36+,37+/m0/s1. The molecular formula is C43H54N6O7. The van der Waals surface area contributed by atoms with Crippen molar-refractivity contribution < 1.29 is 33.8 Å². The fourth-order valence-corrected chi connectivity index (χ4v) is 5.98. The lowest BCUT2D eigenvalue weighted by atomic mass is 9.84. The minimum atomic E-state index is -1.35. The van der Waals surface area contributed by atoms with E-state index in [1.165, 1.54) is 0 Å². The molecule has 2 aromatic heterocycles.